The number of aryl methyl sites for hydroxylation is 2. The summed E-state index contributed by atoms with van der Waals surface area (Å²) in [6.07, 6.45) is 2.59. The van der Waals surface area contributed by atoms with Crippen molar-refractivity contribution in [3.8, 4) is 0 Å². The minimum absolute atomic E-state index is 0.0911. The molecule has 1 aliphatic rings. The lowest BCUT2D eigenvalue weighted by Crippen LogP contribution is -2.37. The van der Waals surface area contributed by atoms with E-state index in [1.165, 1.54) is 11.1 Å². The van der Waals surface area contributed by atoms with Crippen LogP contribution in [0.2, 0.25) is 5.02 Å². The predicted molar refractivity (Wildman–Crippen MR) is 127 cm³/mol. The van der Waals surface area contributed by atoms with E-state index in [4.69, 9.17) is 21.3 Å². The van der Waals surface area contributed by atoms with Crippen molar-refractivity contribution in [3.05, 3.63) is 52.5 Å². The average Bonchev–Trinajstić information content (AvgIpc) is 3.37. The van der Waals surface area contributed by atoms with Gasteiger partial charge < -0.3 is 4.74 Å². The number of ether oxygens (including phenoxy) is 1. The topological polar surface area (TPSA) is 42.4 Å². The number of benzene rings is 2. The van der Waals surface area contributed by atoms with Crippen LogP contribution in [0.15, 0.2) is 41.3 Å². The van der Waals surface area contributed by atoms with Gasteiger partial charge in [-0.3, -0.25) is 9.69 Å². The van der Waals surface area contributed by atoms with Gasteiger partial charge in [0.15, 0.2) is 5.13 Å². The van der Waals surface area contributed by atoms with Crippen molar-refractivity contribution in [2.75, 3.05) is 23.8 Å². The summed E-state index contributed by atoms with van der Waals surface area (Å²) >= 11 is 9.21. The Kier molecular flexibility index (Phi) is 6.98. The summed E-state index contributed by atoms with van der Waals surface area (Å²) in [5, 5.41) is 1.49. The van der Waals surface area contributed by atoms with E-state index < -0.39 is 0 Å². The van der Waals surface area contributed by atoms with Crippen LogP contribution in [0.3, 0.4) is 0 Å². The van der Waals surface area contributed by atoms with E-state index in [-0.39, 0.29) is 12.0 Å². The van der Waals surface area contributed by atoms with Gasteiger partial charge in [0, 0.05) is 28.7 Å². The summed E-state index contributed by atoms with van der Waals surface area (Å²) in [5.74, 6) is 0.811. The quantitative estimate of drug-likeness (QED) is 0.390. The van der Waals surface area contributed by atoms with Crippen molar-refractivity contribution in [2.24, 2.45) is 0 Å². The summed E-state index contributed by atoms with van der Waals surface area (Å²) in [4.78, 5) is 20.9. The number of anilines is 1. The number of hydrogen-bond donors (Lipinski definition) is 0. The molecule has 1 unspecified atom stereocenters. The minimum atomic E-state index is 0.0911. The Morgan fingerprint density at radius 3 is 2.77 bits per heavy atom. The molecule has 158 valence electrons. The van der Waals surface area contributed by atoms with Gasteiger partial charge >= 0.3 is 0 Å². The smallest absolute Gasteiger partial charge is 0.229 e. The van der Waals surface area contributed by atoms with E-state index in [0.717, 1.165) is 44.7 Å². The summed E-state index contributed by atoms with van der Waals surface area (Å²) < 4.78 is 6.94. The molecule has 1 aliphatic heterocycles. The standard InChI is InChI=1S/C23H25ClN2O2S2/c1-15-12-20-21(13-16(15)2)30-23(25-20)26(14-18-4-3-10-28-18)22(27)9-11-29-19-7-5-17(24)6-8-19/h5-8,12-13,18H,3-4,9-11,14H2,1-2H3. The fraction of sp³-hybridized carbons (Fsp3) is 0.391. The number of aromatic nitrogens is 1. The number of rotatable bonds is 7. The van der Waals surface area contributed by atoms with E-state index in [2.05, 4.69) is 26.0 Å². The number of nitrogens with zero attached hydrogens (tertiary/aromatic N) is 2. The minimum Gasteiger partial charge on any atom is -0.376 e. The molecule has 0 radical (unpaired) electrons. The molecular formula is C23H25ClN2O2S2. The summed E-state index contributed by atoms with van der Waals surface area (Å²) in [5.41, 5.74) is 3.42. The van der Waals surface area contributed by atoms with E-state index in [0.29, 0.717) is 18.7 Å². The number of thiazole rings is 1. The molecule has 4 nitrogen and oxygen atoms in total. The SMILES string of the molecule is Cc1cc2nc(N(CC3CCCO3)C(=O)CCSc3ccc(Cl)cc3)sc2cc1C. The maximum absolute atomic E-state index is 13.2. The van der Waals surface area contributed by atoms with Crippen molar-refractivity contribution in [1.82, 2.24) is 4.98 Å². The zero-order chi connectivity index (χ0) is 21.1. The molecule has 1 aromatic heterocycles. The third-order valence-corrected chi connectivity index (χ3v) is 7.64. The van der Waals surface area contributed by atoms with Crippen LogP contribution in [-0.2, 0) is 9.53 Å². The summed E-state index contributed by atoms with van der Waals surface area (Å²) in [6, 6.07) is 12.0. The first-order valence-electron chi connectivity index (χ1n) is 10.2. The van der Waals surface area contributed by atoms with Crippen LogP contribution in [0.5, 0.6) is 0 Å². The normalized spacial score (nSPS) is 16.3. The molecule has 0 N–H and O–H groups in total. The van der Waals surface area contributed by atoms with Gasteiger partial charge in [-0.2, -0.15) is 0 Å². The Morgan fingerprint density at radius 1 is 1.27 bits per heavy atom. The van der Waals surface area contributed by atoms with Gasteiger partial charge in [0.05, 0.1) is 22.9 Å². The third kappa shape index (κ3) is 5.17. The first-order valence-corrected chi connectivity index (χ1v) is 12.4. The molecule has 1 saturated heterocycles. The predicted octanol–water partition coefficient (Wildman–Crippen LogP) is 6.26. The maximum Gasteiger partial charge on any atom is 0.229 e. The molecule has 2 aromatic carbocycles. The number of amides is 1. The van der Waals surface area contributed by atoms with Crippen LogP contribution < -0.4 is 4.90 Å². The highest BCUT2D eigenvalue weighted by Crippen LogP contribution is 2.32. The Bertz CT molecular complexity index is 991. The van der Waals surface area contributed by atoms with Gasteiger partial charge in [-0.1, -0.05) is 22.9 Å². The lowest BCUT2D eigenvalue weighted by Gasteiger charge is -2.23. The molecule has 4 rings (SSSR count). The molecule has 0 spiro atoms. The number of thioether (sulfide) groups is 1. The average molecular weight is 461 g/mol. The third-order valence-electron chi connectivity index (χ3n) is 5.33. The van der Waals surface area contributed by atoms with Gasteiger partial charge in [0.2, 0.25) is 5.91 Å². The van der Waals surface area contributed by atoms with Gasteiger partial charge in [-0.25, -0.2) is 4.98 Å². The van der Waals surface area contributed by atoms with Crippen LogP contribution in [0.25, 0.3) is 10.2 Å². The highest BCUT2D eigenvalue weighted by Gasteiger charge is 2.26. The van der Waals surface area contributed by atoms with Crippen molar-refractivity contribution in [1.29, 1.82) is 0 Å². The van der Waals surface area contributed by atoms with Crippen LogP contribution in [-0.4, -0.2) is 35.9 Å². The van der Waals surface area contributed by atoms with Gasteiger partial charge in [-0.05, 0) is 74.2 Å². The molecule has 0 aliphatic carbocycles. The molecular weight excluding hydrogens is 436 g/mol. The maximum atomic E-state index is 13.2. The molecule has 30 heavy (non-hydrogen) atoms. The summed E-state index contributed by atoms with van der Waals surface area (Å²) in [7, 11) is 0. The van der Waals surface area contributed by atoms with E-state index >= 15 is 0 Å². The van der Waals surface area contributed by atoms with Crippen molar-refractivity contribution in [2.45, 2.75) is 44.1 Å². The zero-order valence-corrected chi connectivity index (χ0v) is 19.6. The lowest BCUT2D eigenvalue weighted by atomic mass is 10.1. The molecule has 3 aromatic rings. The zero-order valence-electron chi connectivity index (χ0n) is 17.2. The van der Waals surface area contributed by atoms with E-state index in [1.54, 1.807) is 23.1 Å². The van der Waals surface area contributed by atoms with E-state index in [1.807, 2.05) is 29.2 Å². The molecule has 2 heterocycles. The second kappa shape index (κ2) is 9.69. The Morgan fingerprint density at radius 2 is 2.03 bits per heavy atom. The van der Waals surface area contributed by atoms with Crippen LogP contribution >= 0.6 is 34.7 Å². The Labute approximate surface area is 190 Å². The Hall–Kier alpha value is -1.60. The highest BCUT2D eigenvalue weighted by atomic mass is 35.5. The fourth-order valence-corrected chi connectivity index (χ4v) is 5.52. The number of carbonyl (C=O) groups excluding carboxylic acids is 1. The largest absolute Gasteiger partial charge is 0.376 e. The molecule has 1 fully saturated rings. The molecule has 0 bridgehead atoms. The first kappa shape index (κ1) is 21.6. The van der Waals surface area contributed by atoms with Crippen molar-refractivity contribution >= 4 is 56.0 Å². The second-order valence-corrected chi connectivity index (χ2v) is 10.2. The molecule has 7 heteroatoms. The molecule has 1 atom stereocenters. The van der Waals surface area contributed by atoms with Crippen molar-refractivity contribution in [3.63, 3.8) is 0 Å². The lowest BCUT2D eigenvalue weighted by molar-refractivity contribution is -0.118. The molecule has 0 saturated carbocycles. The van der Waals surface area contributed by atoms with Crippen LogP contribution in [0, 0.1) is 13.8 Å². The number of halogens is 1. The fourth-order valence-electron chi connectivity index (χ4n) is 3.48. The first-order chi connectivity index (χ1) is 14.5. The van der Waals surface area contributed by atoms with Crippen molar-refractivity contribution < 1.29 is 9.53 Å². The molecule has 1 amide bonds. The number of fused-ring (bicyclic) bond motifs is 1. The number of hydrogen-bond acceptors (Lipinski definition) is 5. The number of carbonyl (C=O) groups is 1. The van der Waals surface area contributed by atoms with Gasteiger partial charge in [-0.15, -0.1) is 11.8 Å². The monoisotopic (exact) mass is 460 g/mol. The van der Waals surface area contributed by atoms with Crippen LogP contribution in [0.1, 0.15) is 30.4 Å². The Balaban J connectivity index is 1.50. The van der Waals surface area contributed by atoms with Gasteiger partial charge in [0.1, 0.15) is 0 Å². The van der Waals surface area contributed by atoms with E-state index in [9.17, 15) is 4.79 Å². The second-order valence-electron chi connectivity index (χ2n) is 7.59. The van der Waals surface area contributed by atoms with Gasteiger partial charge in [0.25, 0.3) is 0 Å². The van der Waals surface area contributed by atoms with Crippen LogP contribution in [0.4, 0.5) is 5.13 Å². The highest BCUT2D eigenvalue weighted by molar-refractivity contribution is 7.99. The summed E-state index contributed by atoms with van der Waals surface area (Å²) in [6.45, 7) is 5.55.